The van der Waals surface area contributed by atoms with Gasteiger partial charge in [-0.3, -0.25) is 10.1 Å². The van der Waals surface area contributed by atoms with Gasteiger partial charge in [0.05, 0.1) is 10.5 Å². The Balaban J connectivity index is 0.00000242. The molecule has 0 amide bonds. The van der Waals surface area contributed by atoms with Crippen LogP contribution in [0.5, 0.6) is 0 Å². The van der Waals surface area contributed by atoms with E-state index in [-0.39, 0.29) is 38.8 Å². The molecule has 0 unspecified atom stereocenters. The molecule has 8 heteroatoms. The highest BCUT2D eigenvalue weighted by molar-refractivity contribution is 6.30. The molecule has 110 valence electrons. The van der Waals surface area contributed by atoms with Crippen LogP contribution in [-0.2, 0) is 0 Å². The summed E-state index contributed by atoms with van der Waals surface area (Å²) >= 11 is 5.74. The number of hydrogen-bond acceptors (Lipinski definition) is 5. The summed E-state index contributed by atoms with van der Waals surface area (Å²) in [5.41, 5.74) is -0.0470. The number of nitriles is 2. The quantitative estimate of drug-likeness (QED) is 0.486. The van der Waals surface area contributed by atoms with E-state index in [0.29, 0.717) is 0 Å². The maximum absolute atomic E-state index is 11.0. The molecule has 0 bridgehead atoms. The lowest BCUT2D eigenvalue weighted by molar-refractivity contribution is -0.384. The highest BCUT2D eigenvalue weighted by atomic mass is 35.5. The van der Waals surface area contributed by atoms with Crippen LogP contribution in [0.15, 0.2) is 40.3 Å². The molecule has 0 saturated carbocycles. The van der Waals surface area contributed by atoms with Crippen molar-refractivity contribution in [3.8, 4) is 23.5 Å². The Morgan fingerprint density at radius 2 is 1.95 bits per heavy atom. The molecule has 0 saturated heterocycles. The summed E-state index contributed by atoms with van der Waals surface area (Å²) in [6, 6.07) is 10.7. The van der Waals surface area contributed by atoms with Crippen molar-refractivity contribution in [1.82, 2.24) is 0 Å². The van der Waals surface area contributed by atoms with E-state index >= 15 is 0 Å². The van der Waals surface area contributed by atoms with Crippen LogP contribution in [0.4, 0.5) is 5.69 Å². The van der Waals surface area contributed by atoms with Crippen LogP contribution in [0.2, 0.25) is 5.02 Å². The molecule has 2 rings (SSSR count). The molecular weight excluding hydrogens is 310 g/mol. The molecule has 1 aromatic heterocycles. The second-order valence-corrected chi connectivity index (χ2v) is 4.34. The van der Waals surface area contributed by atoms with Crippen LogP contribution < -0.4 is 0 Å². The Kier molecular flexibility index (Phi) is 5.42. The number of hydrogen-bond donors (Lipinski definition) is 0. The van der Waals surface area contributed by atoms with E-state index in [9.17, 15) is 10.1 Å². The summed E-state index contributed by atoms with van der Waals surface area (Å²) in [6.07, 6.45) is 1.26. The summed E-state index contributed by atoms with van der Waals surface area (Å²) in [6.45, 7) is 0. The fourth-order valence-corrected chi connectivity index (χ4v) is 1.84. The zero-order valence-corrected chi connectivity index (χ0v) is 11.7. The second kappa shape index (κ2) is 7.04. The molecule has 7 nitrogen and oxygen atoms in total. The van der Waals surface area contributed by atoms with E-state index in [4.69, 9.17) is 26.5 Å². The van der Waals surface area contributed by atoms with Gasteiger partial charge in [-0.05, 0) is 24.3 Å². The molecule has 22 heavy (non-hydrogen) atoms. The van der Waals surface area contributed by atoms with Crippen molar-refractivity contribution in [1.29, 1.82) is 10.5 Å². The van der Waals surface area contributed by atoms with Gasteiger partial charge in [-0.2, -0.15) is 10.5 Å². The molecule has 2 aromatic rings. The van der Waals surface area contributed by atoms with Gasteiger partial charge in [-0.15, -0.1) is 0 Å². The van der Waals surface area contributed by atoms with Crippen molar-refractivity contribution in [3.63, 3.8) is 0 Å². The highest BCUT2D eigenvalue weighted by Crippen LogP contribution is 2.33. The van der Waals surface area contributed by atoms with Crippen molar-refractivity contribution < 1.29 is 14.8 Å². The Bertz CT molecular complexity index is 811. The van der Waals surface area contributed by atoms with E-state index in [2.05, 4.69) is 0 Å². The molecule has 0 aliphatic rings. The minimum Gasteiger partial charge on any atom is -0.456 e. The second-order valence-electron chi connectivity index (χ2n) is 3.90. The molecule has 2 N–H and O–H groups in total. The van der Waals surface area contributed by atoms with Crippen molar-refractivity contribution in [2.45, 2.75) is 0 Å². The Morgan fingerprint density at radius 1 is 1.27 bits per heavy atom. The average Bonchev–Trinajstić information content (AvgIpc) is 2.93. The first-order valence-corrected chi connectivity index (χ1v) is 5.99. The summed E-state index contributed by atoms with van der Waals surface area (Å²) in [4.78, 5) is 10.5. The fraction of sp³-hybridized carbons (Fsp3) is 0. The molecule has 0 atom stereocenters. The molecule has 1 aromatic carbocycles. The number of nitrogens with zero attached hydrogens (tertiary/aromatic N) is 3. The van der Waals surface area contributed by atoms with E-state index in [0.717, 1.165) is 0 Å². The predicted octanol–water partition coefficient (Wildman–Crippen LogP) is 3.11. The van der Waals surface area contributed by atoms with Gasteiger partial charge in [0.25, 0.3) is 5.69 Å². The minimum absolute atomic E-state index is 0. The van der Waals surface area contributed by atoms with E-state index in [1.165, 1.54) is 36.4 Å². The maximum Gasteiger partial charge on any atom is 0.281 e. The summed E-state index contributed by atoms with van der Waals surface area (Å²) in [7, 11) is 0. The van der Waals surface area contributed by atoms with Gasteiger partial charge in [0, 0.05) is 17.2 Å². The smallest absolute Gasteiger partial charge is 0.281 e. The van der Waals surface area contributed by atoms with Gasteiger partial charge < -0.3 is 9.89 Å². The number of rotatable bonds is 3. The van der Waals surface area contributed by atoms with Gasteiger partial charge >= 0.3 is 0 Å². The summed E-state index contributed by atoms with van der Waals surface area (Å²) in [5, 5.41) is 28.6. The number of halogens is 1. The number of benzene rings is 1. The zero-order valence-electron chi connectivity index (χ0n) is 10.9. The monoisotopic (exact) mass is 317 g/mol. The van der Waals surface area contributed by atoms with Crippen molar-refractivity contribution in [2.24, 2.45) is 0 Å². The Hall–Kier alpha value is -3.13. The lowest BCUT2D eigenvalue weighted by Crippen LogP contribution is -1.91. The number of nitro groups is 1. The average molecular weight is 318 g/mol. The molecule has 0 aliphatic carbocycles. The summed E-state index contributed by atoms with van der Waals surface area (Å²) in [5.74, 6) is 0.507. The molecular formula is C14H8ClN3O4. The van der Waals surface area contributed by atoms with Crippen LogP contribution in [0.1, 0.15) is 5.76 Å². The standard InChI is InChI=1S/C14H6ClN3O3.H2O/c15-10-1-3-12(13(6-10)18(19)20)14-4-2-11(21-14)5-9(7-16)8-17;/h1-6H;1H2. The van der Waals surface area contributed by atoms with E-state index < -0.39 is 4.92 Å². The fourth-order valence-electron chi connectivity index (χ4n) is 1.67. The van der Waals surface area contributed by atoms with Gasteiger partial charge in [-0.1, -0.05) is 11.6 Å². The Labute approximate surface area is 129 Å². The Morgan fingerprint density at radius 3 is 2.55 bits per heavy atom. The van der Waals surface area contributed by atoms with Gasteiger partial charge in [0.1, 0.15) is 29.2 Å². The van der Waals surface area contributed by atoms with Gasteiger partial charge in [0.2, 0.25) is 0 Å². The normalized spacial score (nSPS) is 9.05. The first-order chi connectivity index (χ1) is 10.0. The predicted molar refractivity (Wildman–Crippen MR) is 78.6 cm³/mol. The van der Waals surface area contributed by atoms with Crippen molar-refractivity contribution >= 4 is 23.4 Å². The largest absolute Gasteiger partial charge is 0.456 e. The molecule has 0 spiro atoms. The topological polar surface area (TPSA) is 135 Å². The minimum atomic E-state index is -0.560. The zero-order chi connectivity index (χ0) is 15.4. The van der Waals surface area contributed by atoms with Crippen molar-refractivity contribution in [2.75, 3.05) is 0 Å². The SMILES string of the molecule is N#CC(C#N)=Cc1ccc(-c2ccc(Cl)cc2[N+](=O)[O-])o1.O. The van der Waals surface area contributed by atoms with Crippen LogP contribution in [0, 0.1) is 32.8 Å². The third kappa shape index (κ3) is 3.49. The van der Waals surface area contributed by atoms with Crippen molar-refractivity contribution in [3.05, 3.63) is 56.8 Å². The van der Waals surface area contributed by atoms with Gasteiger partial charge in [0.15, 0.2) is 0 Å². The van der Waals surface area contributed by atoms with Gasteiger partial charge in [-0.25, -0.2) is 0 Å². The molecule has 0 aliphatic heterocycles. The third-order valence-corrected chi connectivity index (χ3v) is 2.81. The van der Waals surface area contributed by atoms with Crippen LogP contribution in [0.25, 0.3) is 17.4 Å². The number of allylic oxidation sites excluding steroid dienone is 1. The third-order valence-electron chi connectivity index (χ3n) is 2.58. The molecule has 1 heterocycles. The first kappa shape index (κ1) is 16.9. The maximum atomic E-state index is 11.0. The van der Waals surface area contributed by atoms with E-state index in [1.54, 1.807) is 12.1 Å². The highest BCUT2D eigenvalue weighted by Gasteiger charge is 2.18. The first-order valence-electron chi connectivity index (χ1n) is 5.61. The van der Waals surface area contributed by atoms with E-state index in [1.807, 2.05) is 0 Å². The molecule has 0 fully saturated rings. The van der Waals surface area contributed by atoms with Crippen LogP contribution >= 0.6 is 11.6 Å². The number of furan rings is 1. The summed E-state index contributed by atoms with van der Waals surface area (Å²) < 4.78 is 5.41. The lowest BCUT2D eigenvalue weighted by Gasteiger charge is -2.00. The lowest BCUT2D eigenvalue weighted by atomic mass is 10.1. The molecule has 0 radical (unpaired) electrons. The number of nitro benzene ring substituents is 1. The van der Waals surface area contributed by atoms with Crippen LogP contribution in [-0.4, -0.2) is 10.4 Å². The van der Waals surface area contributed by atoms with Crippen LogP contribution in [0.3, 0.4) is 0 Å².